The summed E-state index contributed by atoms with van der Waals surface area (Å²) >= 11 is 0. The first-order valence-corrected chi connectivity index (χ1v) is 9.01. The van der Waals surface area contributed by atoms with Crippen molar-refractivity contribution in [3.05, 3.63) is 41.5 Å². The highest BCUT2D eigenvalue weighted by Gasteiger charge is 2.19. The highest BCUT2D eigenvalue weighted by Crippen LogP contribution is 2.26. The van der Waals surface area contributed by atoms with Crippen LogP contribution >= 0.6 is 0 Å². The van der Waals surface area contributed by atoms with Gasteiger partial charge in [-0.3, -0.25) is 9.20 Å². The molecule has 0 radical (unpaired) electrons. The Kier molecular flexibility index (Phi) is 4.21. The summed E-state index contributed by atoms with van der Waals surface area (Å²) in [4.78, 5) is 18.3. The quantitative estimate of drug-likeness (QED) is 0.720. The molecule has 0 spiro atoms. The number of nitrogens with zero attached hydrogens (tertiary/aromatic N) is 4. The monoisotopic (exact) mass is 347 g/mol. The van der Waals surface area contributed by atoms with Crippen LogP contribution in [0.25, 0.3) is 16.7 Å². The molecule has 0 aliphatic carbocycles. The van der Waals surface area contributed by atoms with Crippen molar-refractivity contribution in [2.24, 2.45) is 0 Å². The SMILES string of the molecule is Cc1cc(NCCCN2CCCC2=O)n2c(nc3ccccc32)c1C#N. The Hall–Kier alpha value is -3.07. The molecule has 2 aromatic heterocycles. The lowest BCUT2D eigenvalue weighted by molar-refractivity contribution is -0.127. The van der Waals surface area contributed by atoms with Crippen LogP contribution in [0.5, 0.6) is 0 Å². The summed E-state index contributed by atoms with van der Waals surface area (Å²) in [6, 6.07) is 12.2. The van der Waals surface area contributed by atoms with Crippen LogP contribution in [0, 0.1) is 18.3 Å². The second kappa shape index (κ2) is 6.68. The minimum Gasteiger partial charge on any atom is -0.371 e. The Bertz CT molecular complexity index is 1030. The average molecular weight is 347 g/mol. The molecule has 1 saturated heterocycles. The van der Waals surface area contributed by atoms with Gasteiger partial charge in [0.25, 0.3) is 0 Å². The second-order valence-corrected chi connectivity index (χ2v) is 6.72. The van der Waals surface area contributed by atoms with Crippen molar-refractivity contribution in [1.29, 1.82) is 5.26 Å². The number of nitrogens with one attached hydrogen (secondary N) is 1. The Morgan fingerprint density at radius 3 is 2.96 bits per heavy atom. The van der Waals surface area contributed by atoms with Crippen molar-refractivity contribution in [2.45, 2.75) is 26.2 Å². The van der Waals surface area contributed by atoms with Crippen LogP contribution in [0.2, 0.25) is 0 Å². The molecule has 0 bridgehead atoms. The standard InChI is InChI=1S/C20H21N5O/c1-14-12-18(22-9-5-11-24-10-4-8-19(24)26)25-17-7-3-2-6-16(17)23-20(25)15(14)13-21/h2-3,6-7,12,22H,4-5,8-11H2,1H3. The number of amides is 1. The summed E-state index contributed by atoms with van der Waals surface area (Å²) < 4.78 is 2.02. The van der Waals surface area contributed by atoms with Crippen LogP contribution in [0.4, 0.5) is 5.82 Å². The van der Waals surface area contributed by atoms with Gasteiger partial charge in [-0.15, -0.1) is 0 Å². The summed E-state index contributed by atoms with van der Waals surface area (Å²) in [5.41, 5.74) is 4.06. The van der Waals surface area contributed by atoms with E-state index < -0.39 is 0 Å². The molecule has 0 unspecified atom stereocenters. The smallest absolute Gasteiger partial charge is 0.222 e. The van der Waals surface area contributed by atoms with Gasteiger partial charge in [0, 0.05) is 26.1 Å². The number of para-hydroxylation sites is 2. The number of rotatable bonds is 5. The molecule has 1 amide bonds. The third-order valence-electron chi connectivity index (χ3n) is 4.97. The van der Waals surface area contributed by atoms with E-state index in [4.69, 9.17) is 0 Å². The first-order chi connectivity index (χ1) is 12.7. The predicted molar refractivity (Wildman–Crippen MR) is 101 cm³/mol. The number of carbonyl (C=O) groups is 1. The highest BCUT2D eigenvalue weighted by molar-refractivity contribution is 5.85. The summed E-state index contributed by atoms with van der Waals surface area (Å²) in [5.74, 6) is 1.19. The lowest BCUT2D eigenvalue weighted by atomic mass is 10.1. The molecule has 1 N–H and O–H groups in total. The van der Waals surface area contributed by atoms with Crippen molar-refractivity contribution in [2.75, 3.05) is 25.0 Å². The van der Waals surface area contributed by atoms with E-state index in [1.165, 1.54) is 0 Å². The van der Waals surface area contributed by atoms with E-state index in [1.807, 2.05) is 46.6 Å². The van der Waals surface area contributed by atoms with E-state index in [2.05, 4.69) is 16.4 Å². The second-order valence-electron chi connectivity index (χ2n) is 6.72. The van der Waals surface area contributed by atoms with Crippen molar-refractivity contribution in [3.63, 3.8) is 0 Å². The molecule has 6 heteroatoms. The van der Waals surface area contributed by atoms with Crippen LogP contribution in [-0.4, -0.2) is 39.8 Å². The van der Waals surface area contributed by atoms with Gasteiger partial charge >= 0.3 is 0 Å². The molecule has 4 rings (SSSR count). The number of carbonyl (C=O) groups excluding carboxylic acids is 1. The van der Waals surface area contributed by atoms with Crippen LogP contribution in [0.15, 0.2) is 30.3 Å². The van der Waals surface area contributed by atoms with E-state index in [0.717, 1.165) is 54.9 Å². The van der Waals surface area contributed by atoms with Gasteiger partial charge in [-0.05, 0) is 43.5 Å². The number of fused-ring (bicyclic) bond motifs is 3. The van der Waals surface area contributed by atoms with Crippen molar-refractivity contribution < 1.29 is 4.79 Å². The molecule has 6 nitrogen and oxygen atoms in total. The number of imidazole rings is 1. The first-order valence-electron chi connectivity index (χ1n) is 9.01. The molecule has 0 atom stereocenters. The molecule has 1 aromatic carbocycles. The number of pyridine rings is 1. The highest BCUT2D eigenvalue weighted by atomic mass is 16.2. The number of nitriles is 1. The van der Waals surface area contributed by atoms with Crippen molar-refractivity contribution >= 4 is 28.4 Å². The van der Waals surface area contributed by atoms with Gasteiger partial charge in [-0.2, -0.15) is 5.26 Å². The molecule has 26 heavy (non-hydrogen) atoms. The fraction of sp³-hybridized carbons (Fsp3) is 0.350. The third-order valence-corrected chi connectivity index (χ3v) is 4.97. The van der Waals surface area contributed by atoms with Crippen molar-refractivity contribution in [1.82, 2.24) is 14.3 Å². The van der Waals surface area contributed by atoms with E-state index in [-0.39, 0.29) is 5.91 Å². The number of benzene rings is 1. The lowest BCUT2D eigenvalue weighted by Gasteiger charge is -2.16. The molecular weight excluding hydrogens is 326 g/mol. The fourth-order valence-electron chi connectivity index (χ4n) is 3.65. The largest absolute Gasteiger partial charge is 0.371 e. The minimum atomic E-state index is 0.266. The number of hydrogen-bond donors (Lipinski definition) is 1. The van der Waals surface area contributed by atoms with Crippen LogP contribution in [0.3, 0.4) is 0 Å². The number of aromatic nitrogens is 2. The van der Waals surface area contributed by atoms with Gasteiger partial charge in [0.2, 0.25) is 5.91 Å². The average Bonchev–Trinajstić information content (AvgIpc) is 3.22. The number of anilines is 1. The molecule has 3 heterocycles. The van der Waals surface area contributed by atoms with Crippen molar-refractivity contribution in [3.8, 4) is 6.07 Å². The van der Waals surface area contributed by atoms with E-state index in [9.17, 15) is 10.1 Å². The molecule has 1 aliphatic heterocycles. The predicted octanol–water partition coefficient (Wildman–Crippen LogP) is 3.09. The minimum absolute atomic E-state index is 0.266. The fourth-order valence-corrected chi connectivity index (χ4v) is 3.65. The van der Waals surface area contributed by atoms with Crippen LogP contribution in [-0.2, 0) is 4.79 Å². The number of hydrogen-bond acceptors (Lipinski definition) is 4. The maximum absolute atomic E-state index is 11.7. The topological polar surface area (TPSA) is 73.4 Å². The normalized spacial score (nSPS) is 14.3. The zero-order valence-electron chi connectivity index (χ0n) is 14.8. The first kappa shape index (κ1) is 16.4. The maximum atomic E-state index is 11.7. The zero-order chi connectivity index (χ0) is 18.1. The zero-order valence-corrected chi connectivity index (χ0v) is 14.8. The Balaban J connectivity index is 1.62. The molecule has 132 valence electrons. The Labute approximate surface area is 152 Å². The van der Waals surface area contributed by atoms with Crippen LogP contribution in [0.1, 0.15) is 30.4 Å². The van der Waals surface area contributed by atoms with Gasteiger partial charge in [0.05, 0.1) is 16.6 Å². The van der Waals surface area contributed by atoms with E-state index >= 15 is 0 Å². The summed E-state index contributed by atoms with van der Waals surface area (Å²) in [7, 11) is 0. The Morgan fingerprint density at radius 2 is 2.19 bits per heavy atom. The maximum Gasteiger partial charge on any atom is 0.222 e. The Morgan fingerprint density at radius 1 is 1.35 bits per heavy atom. The molecule has 1 fully saturated rings. The lowest BCUT2D eigenvalue weighted by Crippen LogP contribution is -2.27. The summed E-state index contributed by atoms with van der Waals surface area (Å²) in [6.07, 6.45) is 2.55. The van der Waals surface area contributed by atoms with E-state index in [1.54, 1.807) is 0 Å². The van der Waals surface area contributed by atoms with Crippen LogP contribution < -0.4 is 5.32 Å². The third kappa shape index (κ3) is 2.76. The summed E-state index contributed by atoms with van der Waals surface area (Å²) in [5, 5.41) is 13.0. The molecular formula is C20H21N5O. The summed E-state index contributed by atoms with van der Waals surface area (Å²) in [6.45, 7) is 4.36. The molecule has 3 aromatic rings. The van der Waals surface area contributed by atoms with Gasteiger partial charge in [-0.1, -0.05) is 12.1 Å². The van der Waals surface area contributed by atoms with Gasteiger partial charge in [0.15, 0.2) is 5.65 Å². The van der Waals surface area contributed by atoms with Gasteiger partial charge in [0.1, 0.15) is 11.9 Å². The van der Waals surface area contributed by atoms with Gasteiger partial charge < -0.3 is 10.2 Å². The van der Waals surface area contributed by atoms with Gasteiger partial charge in [-0.25, -0.2) is 4.98 Å². The molecule has 1 aliphatic rings. The van der Waals surface area contributed by atoms with E-state index in [0.29, 0.717) is 17.6 Å². The number of likely N-dealkylation sites (tertiary alicyclic amines) is 1. The number of aryl methyl sites for hydroxylation is 1. The molecule has 0 saturated carbocycles.